The number of hydrogen-bond acceptors (Lipinski definition) is 2. The van der Waals surface area contributed by atoms with E-state index in [9.17, 15) is 0 Å². The Balaban J connectivity index is 3.13. The van der Waals surface area contributed by atoms with Crippen molar-refractivity contribution in [2.24, 2.45) is 0 Å². The molecular formula is C7H14Cl2O2. The van der Waals surface area contributed by atoms with E-state index < -0.39 is 0 Å². The third-order valence-corrected chi connectivity index (χ3v) is 2.14. The molecule has 0 unspecified atom stereocenters. The number of aliphatic hydroxyl groups excluding tert-OH is 2. The summed E-state index contributed by atoms with van der Waals surface area (Å²) in [5, 5.41) is 16.7. The topological polar surface area (TPSA) is 40.5 Å². The van der Waals surface area contributed by atoms with Gasteiger partial charge in [-0.1, -0.05) is 6.42 Å². The van der Waals surface area contributed by atoms with Crippen molar-refractivity contribution in [2.45, 2.75) is 30.0 Å². The average Bonchev–Trinajstić information content (AvgIpc) is 2.04. The van der Waals surface area contributed by atoms with Crippen LogP contribution >= 0.6 is 23.2 Å². The van der Waals surface area contributed by atoms with E-state index in [2.05, 4.69) is 0 Å². The monoisotopic (exact) mass is 200 g/mol. The Morgan fingerprint density at radius 1 is 0.909 bits per heavy atom. The summed E-state index contributed by atoms with van der Waals surface area (Å²) in [4.78, 5) is 0. The minimum Gasteiger partial charge on any atom is -0.395 e. The van der Waals surface area contributed by atoms with E-state index in [1.54, 1.807) is 0 Å². The highest BCUT2D eigenvalue weighted by Gasteiger charge is 2.05. The summed E-state index contributed by atoms with van der Waals surface area (Å²) in [6, 6.07) is 0. The molecule has 2 atom stereocenters. The zero-order chi connectivity index (χ0) is 8.69. The first-order valence-electron chi connectivity index (χ1n) is 3.70. The van der Waals surface area contributed by atoms with Gasteiger partial charge in [0, 0.05) is 0 Å². The molecule has 0 aliphatic carbocycles. The summed E-state index contributed by atoms with van der Waals surface area (Å²) in [5.41, 5.74) is 0. The fourth-order valence-electron chi connectivity index (χ4n) is 0.743. The van der Waals surface area contributed by atoms with E-state index in [-0.39, 0.29) is 24.0 Å². The standard InChI is InChI=1S/C7H14Cl2O2/c8-6(4-10)2-1-3-7(9)5-11/h6-7,10-11H,1-5H2/t6-,7+. The van der Waals surface area contributed by atoms with Crippen molar-refractivity contribution in [2.75, 3.05) is 13.2 Å². The van der Waals surface area contributed by atoms with Crippen LogP contribution in [0, 0.1) is 0 Å². The van der Waals surface area contributed by atoms with Crippen molar-refractivity contribution in [3.8, 4) is 0 Å². The Morgan fingerprint density at radius 3 is 1.55 bits per heavy atom. The van der Waals surface area contributed by atoms with Crippen molar-refractivity contribution in [1.82, 2.24) is 0 Å². The van der Waals surface area contributed by atoms with Gasteiger partial charge < -0.3 is 10.2 Å². The molecule has 0 bridgehead atoms. The number of alkyl halides is 2. The van der Waals surface area contributed by atoms with Crippen LogP contribution in [-0.4, -0.2) is 34.2 Å². The molecule has 4 heteroatoms. The van der Waals surface area contributed by atoms with E-state index in [1.165, 1.54) is 0 Å². The summed E-state index contributed by atoms with van der Waals surface area (Å²) in [6.45, 7) is 0.0151. The van der Waals surface area contributed by atoms with E-state index in [0.29, 0.717) is 0 Å². The van der Waals surface area contributed by atoms with Crippen molar-refractivity contribution >= 4 is 23.2 Å². The summed E-state index contributed by atoms with van der Waals surface area (Å²) in [7, 11) is 0. The molecule has 0 aliphatic heterocycles. The molecule has 0 heterocycles. The van der Waals surface area contributed by atoms with Crippen molar-refractivity contribution in [1.29, 1.82) is 0 Å². The number of hydrogen-bond donors (Lipinski definition) is 2. The van der Waals surface area contributed by atoms with Gasteiger partial charge in [0.05, 0.1) is 24.0 Å². The Morgan fingerprint density at radius 2 is 1.27 bits per heavy atom. The molecule has 11 heavy (non-hydrogen) atoms. The van der Waals surface area contributed by atoms with E-state index in [1.807, 2.05) is 0 Å². The lowest BCUT2D eigenvalue weighted by Gasteiger charge is -2.07. The molecule has 0 aliphatic rings. The van der Waals surface area contributed by atoms with Gasteiger partial charge in [0.1, 0.15) is 0 Å². The van der Waals surface area contributed by atoms with Crippen LogP contribution in [0.2, 0.25) is 0 Å². The second-order valence-electron chi connectivity index (χ2n) is 2.49. The predicted octanol–water partition coefficient (Wildman–Crippen LogP) is 1.36. The molecule has 2 nitrogen and oxygen atoms in total. The zero-order valence-electron chi connectivity index (χ0n) is 6.34. The molecule has 2 N–H and O–H groups in total. The van der Waals surface area contributed by atoms with Crippen LogP contribution in [0.3, 0.4) is 0 Å². The van der Waals surface area contributed by atoms with Crippen LogP contribution in [0.1, 0.15) is 19.3 Å². The quantitative estimate of drug-likeness (QED) is 0.637. The largest absolute Gasteiger partial charge is 0.395 e. The molecule has 0 saturated carbocycles. The Hall–Kier alpha value is 0.500. The van der Waals surface area contributed by atoms with Crippen LogP contribution < -0.4 is 0 Å². The smallest absolute Gasteiger partial charge is 0.0595 e. The highest BCUT2D eigenvalue weighted by Crippen LogP contribution is 2.11. The number of rotatable bonds is 6. The van der Waals surface area contributed by atoms with Crippen molar-refractivity contribution < 1.29 is 10.2 Å². The summed E-state index contributed by atoms with van der Waals surface area (Å²) in [6.07, 6.45) is 2.35. The molecule has 0 aromatic rings. The minimum absolute atomic E-state index is 0.00757. The van der Waals surface area contributed by atoms with Crippen LogP contribution in [0.4, 0.5) is 0 Å². The fourth-order valence-corrected chi connectivity index (χ4v) is 1.05. The van der Waals surface area contributed by atoms with Gasteiger partial charge in [0.2, 0.25) is 0 Å². The first-order chi connectivity index (χ1) is 5.20. The van der Waals surface area contributed by atoms with Gasteiger partial charge in [0.15, 0.2) is 0 Å². The van der Waals surface area contributed by atoms with Crippen molar-refractivity contribution in [3.63, 3.8) is 0 Å². The number of halogens is 2. The first-order valence-corrected chi connectivity index (χ1v) is 4.57. The Labute approximate surface area is 77.1 Å². The first kappa shape index (κ1) is 11.5. The predicted molar refractivity (Wildman–Crippen MR) is 47.3 cm³/mol. The minimum atomic E-state index is -0.169. The van der Waals surface area contributed by atoms with E-state index in [4.69, 9.17) is 33.4 Å². The molecule has 0 rings (SSSR count). The van der Waals surface area contributed by atoms with Gasteiger partial charge in [-0.25, -0.2) is 0 Å². The number of aliphatic hydroxyl groups is 2. The van der Waals surface area contributed by atoms with E-state index in [0.717, 1.165) is 19.3 Å². The molecular weight excluding hydrogens is 187 g/mol. The van der Waals surface area contributed by atoms with Gasteiger partial charge in [0.25, 0.3) is 0 Å². The van der Waals surface area contributed by atoms with Gasteiger partial charge in [-0.05, 0) is 12.8 Å². The molecule has 0 aromatic carbocycles. The Kier molecular flexibility index (Phi) is 7.49. The highest BCUT2D eigenvalue weighted by molar-refractivity contribution is 6.21. The van der Waals surface area contributed by atoms with Crippen LogP contribution in [0.15, 0.2) is 0 Å². The van der Waals surface area contributed by atoms with Gasteiger partial charge in [-0.15, -0.1) is 23.2 Å². The molecule has 0 radical (unpaired) electrons. The maximum absolute atomic E-state index is 8.54. The SMILES string of the molecule is OC[C@@H](Cl)CCC[C@@H](Cl)CO. The van der Waals surface area contributed by atoms with Crippen LogP contribution in [0.25, 0.3) is 0 Å². The Bertz CT molecular complexity index is 80.5. The molecule has 0 aromatic heterocycles. The third kappa shape index (κ3) is 6.88. The summed E-state index contributed by atoms with van der Waals surface area (Å²) >= 11 is 11.3. The fraction of sp³-hybridized carbons (Fsp3) is 1.00. The van der Waals surface area contributed by atoms with Gasteiger partial charge in [-0.3, -0.25) is 0 Å². The lowest BCUT2D eigenvalue weighted by atomic mass is 10.1. The van der Waals surface area contributed by atoms with Crippen LogP contribution in [0.5, 0.6) is 0 Å². The normalized spacial score (nSPS) is 16.4. The van der Waals surface area contributed by atoms with E-state index >= 15 is 0 Å². The molecule has 68 valence electrons. The maximum atomic E-state index is 8.54. The van der Waals surface area contributed by atoms with Crippen LogP contribution in [-0.2, 0) is 0 Å². The molecule has 0 fully saturated rings. The lowest BCUT2D eigenvalue weighted by molar-refractivity contribution is 0.276. The second kappa shape index (κ2) is 7.17. The second-order valence-corrected chi connectivity index (χ2v) is 3.73. The van der Waals surface area contributed by atoms with Crippen molar-refractivity contribution in [3.05, 3.63) is 0 Å². The molecule has 0 saturated heterocycles. The summed E-state index contributed by atoms with van der Waals surface area (Å²) in [5.74, 6) is 0. The van der Waals surface area contributed by atoms with Gasteiger partial charge >= 0.3 is 0 Å². The molecule has 0 spiro atoms. The maximum Gasteiger partial charge on any atom is 0.0595 e. The lowest BCUT2D eigenvalue weighted by Crippen LogP contribution is -2.08. The zero-order valence-corrected chi connectivity index (χ0v) is 7.85. The third-order valence-electron chi connectivity index (χ3n) is 1.43. The average molecular weight is 201 g/mol. The highest BCUT2D eigenvalue weighted by atomic mass is 35.5. The molecule has 0 amide bonds. The summed E-state index contributed by atoms with van der Waals surface area (Å²) < 4.78 is 0. The van der Waals surface area contributed by atoms with Gasteiger partial charge in [-0.2, -0.15) is 0 Å².